The SMILES string of the molecule is CCn1ncc(NC(=O)Cn2nc(C(F)(F)F)c(Cl)c2C2CC2)c1C. The van der Waals surface area contributed by atoms with E-state index in [9.17, 15) is 18.0 Å². The van der Waals surface area contributed by atoms with E-state index in [1.807, 2.05) is 6.92 Å². The van der Waals surface area contributed by atoms with Gasteiger partial charge < -0.3 is 5.32 Å². The Morgan fingerprint density at radius 2 is 2.08 bits per heavy atom. The summed E-state index contributed by atoms with van der Waals surface area (Å²) >= 11 is 5.89. The maximum absolute atomic E-state index is 13.0. The van der Waals surface area contributed by atoms with Crippen LogP contribution in [0.1, 0.15) is 42.8 Å². The molecule has 2 heterocycles. The number of nitrogens with one attached hydrogen (secondary N) is 1. The molecular formula is C15H17ClF3N5O. The molecule has 136 valence electrons. The molecule has 1 aliphatic carbocycles. The Balaban J connectivity index is 1.82. The van der Waals surface area contributed by atoms with Crippen molar-refractivity contribution in [3.05, 3.63) is 28.3 Å². The molecule has 0 aromatic carbocycles. The minimum Gasteiger partial charge on any atom is -0.322 e. The van der Waals surface area contributed by atoms with Gasteiger partial charge in [0.1, 0.15) is 6.54 Å². The first-order valence-electron chi connectivity index (χ1n) is 7.88. The van der Waals surface area contributed by atoms with Crippen LogP contribution < -0.4 is 5.32 Å². The van der Waals surface area contributed by atoms with Gasteiger partial charge in [-0.1, -0.05) is 11.6 Å². The summed E-state index contributed by atoms with van der Waals surface area (Å²) in [5.41, 5.74) is 0.436. The van der Waals surface area contributed by atoms with Gasteiger partial charge in [0.25, 0.3) is 0 Å². The number of halogens is 4. The van der Waals surface area contributed by atoms with Crippen molar-refractivity contribution in [1.29, 1.82) is 0 Å². The van der Waals surface area contributed by atoms with Gasteiger partial charge in [-0.05, 0) is 26.7 Å². The van der Waals surface area contributed by atoms with E-state index in [2.05, 4.69) is 15.5 Å². The molecule has 1 aliphatic rings. The molecule has 0 bridgehead atoms. The van der Waals surface area contributed by atoms with Crippen molar-refractivity contribution in [2.24, 2.45) is 0 Å². The number of nitrogens with zero attached hydrogens (tertiary/aromatic N) is 4. The number of alkyl halides is 3. The zero-order valence-electron chi connectivity index (χ0n) is 13.7. The molecule has 2 aromatic heterocycles. The molecule has 0 unspecified atom stereocenters. The quantitative estimate of drug-likeness (QED) is 0.868. The average Bonchev–Trinajstić information content (AvgIpc) is 3.21. The Kier molecular flexibility index (Phi) is 4.52. The van der Waals surface area contributed by atoms with Gasteiger partial charge in [0.05, 0.1) is 28.3 Å². The first-order valence-corrected chi connectivity index (χ1v) is 8.25. The van der Waals surface area contributed by atoms with Crippen molar-refractivity contribution in [3.8, 4) is 0 Å². The van der Waals surface area contributed by atoms with Gasteiger partial charge in [0.2, 0.25) is 5.91 Å². The average molecular weight is 376 g/mol. The van der Waals surface area contributed by atoms with Crippen LogP contribution in [0.15, 0.2) is 6.20 Å². The van der Waals surface area contributed by atoms with Crippen LogP contribution in [0.3, 0.4) is 0 Å². The van der Waals surface area contributed by atoms with Crippen molar-refractivity contribution in [3.63, 3.8) is 0 Å². The fraction of sp³-hybridized carbons (Fsp3) is 0.533. The van der Waals surface area contributed by atoms with Gasteiger partial charge in [-0.25, -0.2) is 0 Å². The van der Waals surface area contributed by atoms with Gasteiger partial charge in [-0.2, -0.15) is 23.4 Å². The highest BCUT2D eigenvalue weighted by atomic mass is 35.5. The van der Waals surface area contributed by atoms with Crippen LogP contribution in [-0.4, -0.2) is 25.5 Å². The number of rotatable bonds is 5. The van der Waals surface area contributed by atoms with Crippen LogP contribution in [0.25, 0.3) is 0 Å². The summed E-state index contributed by atoms with van der Waals surface area (Å²) in [6.45, 7) is 4.03. The van der Waals surface area contributed by atoms with Gasteiger partial charge in [-0.15, -0.1) is 0 Å². The summed E-state index contributed by atoms with van der Waals surface area (Å²) in [4.78, 5) is 12.3. The van der Waals surface area contributed by atoms with Gasteiger partial charge >= 0.3 is 6.18 Å². The monoisotopic (exact) mass is 375 g/mol. The fourth-order valence-electron chi connectivity index (χ4n) is 2.72. The Morgan fingerprint density at radius 1 is 1.40 bits per heavy atom. The van der Waals surface area contributed by atoms with Gasteiger partial charge in [0.15, 0.2) is 5.69 Å². The second-order valence-corrected chi connectivity index (χ2v) is 6.36. The van der Waals surface area contributed by atoms with E-state index >= 15 is 0 Å². The van der Waals surface area contributed by atoms with Crippen LogP contribution in [0.5, 0.6) is 0 Å². The van der Waals surface area contributed by atoms with Crippen molar-refractivity contribution in [2.75, 3.05) is 5.32 Å². The lowest BCUT2D eigenvalue weighted by molar-refractivity contribution is -0.141. The summed E-state index contributed by atoms with van der Waals surface area (Å²) in [6.07, 6.45) is -1.66. The highest BCUT2D eigenvalue weighted by Crippen LogP contribution is 2.46. The first kappa shape index (κ1) is 17.8. The molecular weight excluding hydrogens is 359 g/mol. The number of anilines is 1. The molecule has 0 spiro atoms. The Bertz CT molecular complexity index is 807. The van der Waals surface area contributed by atoms with Crippen molar-refractivity contribution >= 4 is 23.2 Å². The van der Waals surface area contributed by atoms with E-state index in [1.54, 1.807) is 11.6 Å². The highest BCUT2D eigenvalue weighted by molar-refractivity contribution is 6.32. The maximum atomic E-state index is 13.0. The van der Waals surface area contributed by atoms with E-state index in [4.69, 9.17) is 11.6 Å². The van der Waals surface area contributed by atoms with Gasteiger partial charge in [0, 0.05) is 12.5 Å². The molecule has 1 amide bonds. The van der Waals surface area contributed by atoms with Crippen LogP contribution >= 0.6 is 11.6 Å². The predicted molar refractivity (Wildman–Crippen MR) is 85.5 cm³/mol. The van der Waals surface area contributed by atoms with Crippen LogP contribution in [0, 0.1) is 6.92 Å². The molecule has 1 N–H and O–H groups in total. The van der Waals surface area contributed by atoms with E-state index < -0.39 is 22.8 Å². The second-order valence-electron chi connectivity index (χ2n) is 5.99. The number of aromatic nitrogens is 4. The topological polar surface area (TPSA) is 64.7 Å². The summed E-state index contributed by atoms with van der Waals surface area (Å²) in [7, 11) is 0. The lowest BCUT2D eigenvalue weighted by atomic mass is 10.2. The Morgan fingerprint density at radius 3 is 2.60 bits per heavy atom. The number of carbonyl (C=O) groups is 1. The molecule has 0 atom stereocenters. The Hall–Kier alpha value is -2.03. The summed E-state index contributed by atoms with van der Waals surface area (Å²) in [5.74, 6) is -0.554. The normalized spacial score (nSPS) is 14.8. The number of carbonyl (C=O) groups excluding carboxylic acids is 1. The molecule has 2 aromatic rings. The van der Waals surface area contributed by atoms with E-state index in [-0.39, 0.29) is 18.2 Å². The minimum atomic E-state index is -4.65. The summed E-state index contributed by atoms with van der Waals surface area (Å²) in [5, 5.41) is 9.91. The Labute approximate surface area is 146 Å². The second kappa shape index (κ2) is 6.36. The fourth-order valence-corrected chi connectivity index (χ4v) is 3.11. The predicted octanol–water partition coefficient (Wildman–Crippen LogP) is 3.60. The molecule has 0 aliphatic heterocycles. The lowest BCUT2D eigenvalue weighted by Gasteiger charge is -2.08. The zero-order chi connectivity index (χ0) is 18.4. The third-order valence-corrected chi connectivity index (χ3v) is 4.51. The van der Waals surface area contributed by atoms with Crippen LogP contribution in [-0.2, 0) is 24.1 Å². The summed E-state index contributed by atoms with van der Waals surface area (Å²) in [6, 6.07) is 0. The number of aryl methyl sites for hydroxylation is 1. The van der Waals surface area contributed by atoms with Crippen molar-refractivity contribution in [2.45, 2.75) is 51.9 Å². The maximum Gasteiger partial charge on any atom is 0.436 e. The third kappa shape index (κ3) is 3.51. The molecule has 0 saturated heterocycles. The number of hydrogen-bond donors (Lipinski definition) is 1. The first-order chi connectivity index (χ1) is 11.7. The van der Waals surface area contributed by atoms with Crippen LogP contribution in [0.2, 0.25) is 5.02 Å². The molecule has 25 heavy (non-hydrogen) atoms. The molecule has 10 heteroatoms. The third-order valence-electron chi connectivity index (χ3n) is 4.13. The minimum absolute atomic E-state index is 0.0755. The van der Waals surface area contributed by atoms with Crippen LogP contribution in [0.4, 0.5) is 18.9 Å². The standard InChI is InChI=1S/C15H17ClF3N5O/c1-3-23-8(2)10(6-20-23)21-11(25)7-24-13(9-4-5-9)12(16)14(22-24)15(17,18)19/h6,9H,3-5,7H2,1-2H3,(H,21,25). The summed E-state index contributed by atoms with van der Waals surface area (Å²) < 4.78 is 41.9. The molecule has 6 nitrogen and oxygen atoms in total. The molecule has 1 saturated carbocycles. The number of hydrogen-bond acceptors (Lipinski definition) is 3. The largest absolute Gasteiger partial charge is 0.436 e. The lowest BCUT2D eigenvalue weighted by Crippen LogP contribution is -2.21. The molecule has 3 rings (SSSR count). The zero-order valence-corrected chi connectivity index (χ0v) is 14.4. The highest BCUT2D eigenvalue weighted by Gasteiger charge is 2.42. The van der Waals surface area contributed by atoms with Crippen molar-refractivity contribution in [1.82, 2.24) is 19.6 Å². The number of amides is 1. The van der Waals surface area contributed by atoms with Gasteiger partial charge in [-0.3, -0.25) is 14.2 Å². The smallest absolute Gasteiger partial charge is 0.322 e. The van der Waals surface area contributed by atoms with E-state index in [0.717, 1.165) is 23.2 Å². The molecule has 0 radical (unpaired) electrons. The van der Waals surface area contributed by atoms with E-state index in [0.29, 0.717) is 12.2 Å². The van der Waals surface area contributed by atoms with E-state index in [1.165, 1.54) is 6.20 Å². The molecule has 1 fully saturated rings. The van der Waals surface area contributed by atoms with Crippen molar-refractivity contribution < 1.29 is 18.0 Å².